The van der Waals surface area contributed by atoms with Gasteiger partial charge in [-0.05, 0) is 38.5 Å². The van der Waals surface area contributed by atoms with E-state index in [1.165, 1.54) is 6.34 Å². The largest absolute Gasteiger partial charge is 0.487 e. The molecule has 1 aromatic carbocycles. The Bertz CT molecular complexity index is 644. The molecule has 1 atom stereocenters. The summed E-state index contributed by atoms with van der Waals surface area (Å²) in [4.78, 5) is 16.2. The van der Waals surface area contributed by atoms with Gasteiger partial charge in [0.2, 0.25) is 0 Å². The summed E-state index contributed by atoms with van der Waals surface area (Å²) in [7, 11) is 0. The molecule has 0 saturated heterocycles. The Kier molecular flexibility index (Phi) is 3.34. The van der Waals surface area contributed by atoms with Gasteiger partial charge in [-0.15, -0.1) is 0 Å². The van der Waals surface area contributed by atoms with Crippen molar-refractivity contribution in [1.82, 2.24) is 5.32 Å². The number of carbonyl (C=O) groups is 1. The van der Waals surface area contributed by atoms with Crippen LogP contribution < -0.4 is 15.2 Å². The predicted octanol–water partition coefficient (Wildman–Crippen LogP) is 2.70. The number of rotatable bonds is 3. The van der Waals surface area contributed by atoms with E-state index in [9.17, 15) is 9.28 Å². The molecule has 0 saturated carbocycles. The summed E-state index contributed by atoms with van der Waals surface area (Å²) >= 11 is 0. The summed E-state index contributed by atoms with van der Waals surface area (Å²) in [6.45, 7) is 6.07. The third kappa shape index (κ3) is 2.23. The number of halogens is 1. The van der Waals surface area contributed by atoms with E-state index in [0.29, 0.717) is 41.5 Å². The molecule has 6 heteroatoms. The lowest BCUT2D eigenvalue weighted by Gasteiger charge is -2.42. The molecule has 1 amide bonds. The van der Waals surface area contributed by atoms with E-state index in [1.54, 1.807) is 18.2 Å². The molecule has 0 fully saturated rings. The number of hydrogen-bond acceptors (Lipinski definition) is 4. The molecule has 0 aromatic heterocycles. The van der Waals surface area contributed by atoms with Gasteiger partial charge in [-0.25, -0.2) is 10.1 Å². The molecule has 1 unspecified atom stereocenters. The molecule has 1 spiro atoms. The third-order valence-corrected chi connectivity index (χ3v) is 4.06. The maximum absolute atomic E-state index is 14.1. The topological polar surface area (TPSA) is 53.9 Å². The molecule has 5 nitrogen and oxygen atoms in total. The van der Waals surface area contributed by atoms with Gasteiger partial charge >= 0.3 is 0 Å². The van der Waals surface area contributed by atoms with E-state index in [4.69, 9.17) is 4.74 Å². The zero-order chi connectivity index (χ0) is 16.0. The molecule has 22 heavy (non-hydrogen) atoms. The fourth-order valence-corrected chi connectivity index (χ4v) is 3.18. The molecule has 2 aliphatic rings. The van der Waals surface area contributed by atoms with Crippen molar-refractivity contribution in [2.75, 3.05) is 11.7 Å². The van der Waals surface area contributed by atoms with E-state index in [0.717, 1.165) is 0 Å². The molecule has 2 heterocycles. The number of amides is 1. The fourth-order valence-electron chi connectivity index (χ4n) is 3.18. The van der Waals surface area contributed by atoms with Gasteiger partial charge in [0.25, 0.3) is 5.91 Å². The molecular weight excluding hydrogens is 285 g/mol. The normalized spacial score (nSPS) is 24.8. The van der Waals surface area contributed by atoms with Crippen molar-refractivity contribution in [3.63, 3.8) is 0 Å². The van der Waals surface area contributed by atoms with Crippen molar-refractivity contribution in [3.05, 3.63) is 23.8 Å². The lowest BCUT2D eigenvalue weighted by atomic mass is 9.77. The maximum atomic E-state index is 14.1. The second-order valence-electron chi connectivity index (χ2n) is 6.42. The molecule has 1 N–H and O–H groups in total. The Hall–Kier alpha value is -2.11. The van der Waals surface area contributed by atoms with Crippen molar-refractivity contribution in [2.45, 2.75) is 44.8 Å². The molecule has 1 aromatic rings. The van der Waals surface area contributed by atoms with Crippen LogP contribution in [-0.4, -0.2) is 24.4 Å². The lowest BCUT2D eigenvalue weighted by molar-refractivity contribution is -0.126. The average Bonchev–Trinajstić information content (AvgIpc) is 2.79. The highest BCUT2D eigenvalue weighted by Gasteiger charge is 2.52. The van der Waals surface area contributed by atoms with Gasteiger partial charge < -0.3 is 10.1 Å². The number of benzene rings is 1. The first-order valence-electron chi connectivity index (χ1n) is 7.49. The number of anilines is 1. The summed E-state index contributed by atoms with van der Waals surface area (Å²) in [5.41, 5.74) is -0.403. The number of hydrogen-bond donors (Lipinski definition) is 1. The number of carbonyl (C=O) groups excluding carboxylic acids is 1. The second kappa shape index (κ2) is 4.97. The second-order valence-corrected chi connectivity index (χ2v) is 6.42. The number of fused-ring (bicyclic) bond motifs is 2. The molecule has 0 bridgehead atoms. The third-order valence-electron chi connectivity index (χ3n) is 4.06. The minimum atomic E-state index is -0.958. The SMILES string of the molecule is CCCN(F)c1ccc2c(c1)C1(CC(C)(C)O2)NC=NC1=O. The summed E-state index contributed by atoms with van der Waals surface area (Å²) in [5.74, 6) is 0.333. The average molecular weight is 305 g/mol. The van der Waals surface area contributed by atoms with Crippen molar-refractivity contribution in [2.24, 2.45) is 4.99 Å². The van der Waals surface area contributed by atoms with Crippen LogP contribution >= 0.6 is 0 Å². The van der Waals surface area contributed by atoms with Gasteiger partial charge in [-0.3, -0.25) is 4.79 Å². The molecule has 118 valence electrons. The van der Waals surface area contributed by atoms with Gasteiger partial charge in [-0.2, -0.15) is 0 Å². The predicted molar refractivity (Wildman–Crippen MR) is 82.8 cm³/mol. The highest BCUT2D eigenvalue weighted by molar-refractivity contribution is 6.00. The number of aliphatic imine (C=N–C) groups is 1. The Morgan fingerprint density at radius 1 is 1.45 bits per heavy atom. The van der Waals surface area contributed by atoms with Gasteiger partial charge in [-0.1, -0.05) is 11.4 Å². The van der Waals surface area contributed by atoms with Gasteiger partial charge in [0.15, 0.2) is 5.54 Å². The van der Waals surface area contributed by atoms with Crippen LogP contribution in [0.3, 0.4) is 0 Å². The molecule has 2 aliphatic heterocycles. The van der Waals surface area contributed by atoms with Gasteiger partial charge in [0.05, 0.1) is 18.6 Å². The van der Waals surface area contributed by atoms with E-state index < -0.39 is 11.1 Å². The van der Waals surface area contributed by atoms with Crippen LogP contribution in [0.25, 0.3) is 0 Å². The highest BCUT2D eigenvalue weighted by Crippen LogP contribution is 2.46. The van der Waals surface area contributed by atoms with Crippen LogP contribution in [0.5, 0.6) is 5.75 Å². The fraction of sp³-hybridized carbons (Fsp3) is 0.500. The first-order chi connectivity index (χ1) is 10.4. The van der Waals surface area contributed by atoms with Crippen molar-refractivity contribution >= 4 is 17.9 Å². The highest BCUT2D eigenvalue weighted by atomic mass is 19.2. The Morgan fingerprint density at radius 3 is 2.86 bits per heavy atom. The Morgan fingerprint density at radius 2 is 2.23 bits per heavy atom. The molecule has 0 aliphatic carbocycles. The van der Waals surface area contributed by atoms with Crippen molar-refractivity contribution in [3.8, 4) is 5.75 Å². The van der Waals surface area contributed by atoms with Crippen LogP contribution in [0.1, 0.15) is 39.2 Å². The summed E-state index contributed by atoms with van der Waals surface area (Å²) in [5, 5.41) is 3.76. The van der Waals surface area contributed by atoms with Crippen molar-refractivity contribution < 1.29 is 14.0 Å². The Balaban J connectivity index is 2.09. The minimum absolute atomic E-state index is 0.261. The van der Waals surface area contributed by atoms with Crippen LogP contribution in [-0.2, 0) is 10.3 Å². The maximum Gasteiger partial charge on any atom is 0.277 e. The van der Waals surface area contributed by atoms with E-state index in [2.05, 4.69) is 10.3 Å². The molecular formula is C16H20FN3O2. The smallest absolute Gasteiger partial charge is 0.277 e. The summed E-state index contributed by atoms with van der Waals surface area (Å²) in [6.07, 6.45) is 2.55. The summed E-state index contributed by atoms with van der Waals surface area (Å²) in [6, 6.07) is 5.08. The van der Waals surface area contributed by atoms with Crippen molar-refractivity contribution in [1.29, 1.82) is 0 Å². The molecule has 3 rings (SSSR count). The van der Waals surface area contributed by atoms with Crippen LogP contribution in [0.15, 0.2) is 23.2 Å². The number of nitrogens with zero attached hydrogens (tertiary/aromatic N) is 2. The van der Waals surface area contributed by atoms with E-state index in [1.807, 2.05) is 20.8 Å². The first kappa shape index (κ1) is 14.8. The van der Waals surface area contributed by atoms with Gasteiger partial charge in [0, 0.05) is 12.0 Å². The van der Waals surface area contributed by atoms with Crippen LogP contribution in [0.2, 0.25) is 0 Å². The minimum Gasteiger partial charge on any atom is -0.487 e. The number of nitrogens with one attached hydrogen (secondary N) is 1. The standard InChI is InChI=1S/C16H20FN3O2/c1-4-7-20(17)11-5-6-13-12(8-11)16(9-15(2,3)22-13)14(21)18-10-19-16/h5-6,8,10H,4,7,9H2,1-3H3,(H,18,19,21). The van der Waals surface area contributed by atoms with Crippen LogP contribution in [0.4, 0.5) is 10.2 Å². The first-order valence-corrected chi connectivity index (χ1v) is 7.49. The zero-order valence-electron chi connectivity index (χ0n) is 13.0. The monoisotopic (exact) mass is 305 g/mol. The summed E-state index contributed by atoms with van der Waals surface area (Å²) < 4.78 is 20.0. The zero-order valence-corrected chi connectivity index (χ0v) is 13.0. The van der Waals surface area contributed by atoms with E-state index in [-0.39, 0.29) is 5.91 Å². The Labute approximate surface area is 129 Å². The quantitative estimate of drug-likeness (QED) is 0.872. The van der Waals surface area contributed by atoms with Crippen LogP contribution in [0, 0.1) is 0 Å². The lowest BCUT2D eigenvalue weighted by Crippen LogP contribution is -2.53. The van der Waals surface area contributed by atoms with Gasteiger partial charge in [0.1, 0.15) is 11.4 Å². The molecule has 0 radical (unpaired) electrons. The van der Waals surface area contributed by atoms with E-state index >= 15 is 0 Å². The number of ether oxygens (including phenoxy) is 1.